The van der Waals surface area contributed by atoms with Crippen LogP contribution in [0.3, 0.4) is 0 Å². The molecule has 8 nitrogen and oxygen atoms in total. The van der Waals surface area contributed by atoms with Gasteiger partial charge in [0.25, 0.3) is 11.8 Å². The molecule has 0 radical (unpaired) electrons. The van der Waals surface area contributed by atoms with Crippen molar-refractivity contribution in [3.05, 3.63) is 95.6 Å². The van der Waals surface area contributed by atoms with Crippen LogP contribution in [0, 0.1) is 11.3 Å². The van der Waals surface area contributed by atoms with Crippen LogP contribution in [0.1, 0.15) is 17.2 Å². The van der Waals surface area contributed by atoms with Crippen LogP contribution in [-0.4, -0.2) is 20.2 Å². The van der Waals surface area contributed by atoms with Gasteiger partial charge in [0, 0.05) is 0 Å². The third-order valence-electron chi connectivity index (χ3n) is 5.12. The van der Waals surface area contributed by atoms with E-state index < -0.39 is 27.9 Å². The highest BCUT2D eigenvalue weighted by molar-refractivity contribution is 7.89. The number of benzene rings is 3. The molecule has 164 valence electrons. The second-order valence-corrected chi connectivity index (χ2v) is 8.84. The van der Waals surface area contributed by atoms with Gasteiger partial charge in [0.05, 0.1) is 16.3 Å². The number of rotatable bonds is 4. The Labute approximate surface area is 190 Å². The molecule has 0 saturated carbocycles. The Balaban J connectivity index is 1.89. The van der Waals surface area contributed by atoms with E-state index in [0.717, 1.165) is 0 Å². The first-order valence-electron chi connectivity index (χ1n) is 9.82. The summed E-state index contributed by atoms with van der Waals surface area (Å²) in [4.78, 5) is 27.7. The van der Waals surface area contributed by atoms with E-state index in [1.165, 1.54) is 29.2 Å². The third kappa shape index (κ3) is 4.39. The number of anilines is 2. The van der Waals surface area contributed by atoms with Crippen molar-refractivity contribution in [1.82, 2.24) is 0 Å². The molecule has 0 fully saturated rings. The summed E-state index contributed by atoms with van der Waals surface area (Å²) in [5.41, 5.74) is 1.34. The molecular formula is C24H18N4O4S. The second kappa shape index (κ2) is 8.70. The van der Waals surface area contributed by atoms with E-state index in [0.29, 0.717) is 11.1 Å². The van der Waals surface area contributed by atoms with Crippen LogP contribution in [-0.2, 0) is 19.6 Å². The Hall–Kier alpha value is -4.26. The zero-order valence-electron chi connectivity index (χ0n) is 17.2. The van der Waals surface area contributed by atoms with E-state index in [1.54, 1.807) is 54.6 Å². The van der Waals surface area contributed by atoms with Gasteiger partial charge in [0.1, 0.15) is 17.7 Å². The Morgan fingerprint density at radius 3 is 2.27 bits per heavy atom. The lowest BCUT2D eigenvalue weighted by Gasteiger charge is -2.36. The molecule has 9 heteroatoms. The van der Waals surface area contributed by atoms with Crippen LogP contribution < -0.4 is 15.4 Å². The minimum absolute atomic E-state index is 0.101. The summed E-state index contributed by atoms with van der Waals surface area (Å²) in [7, 11) is -4.04. The summed E-state index contributed by atoms with van der Waals surface area (Å²) in [5.74, 6) is -1.25. The number of nitrogens with two attached hydrogens (primary N) is 1. The van der Waals surface area contributed by atoms with Gasteiger partial charge >= 0.3 is 0 Å². The van der Waals surface area contributed by atoms with E-state index in [-0.39, 0.29) is 21.8 Å². The molecular weight excluding hydrogens is 440 g/mol. The van der Waals surface area contributed by atoms with E-state index in [4.69, 9.17) is 5.14 Å². The van der Waals surface area contributed by atoms with Crippen molar-refractivity contribution in [2.24, 2.45) is 5.14 Å². The summed E-state index contributed by atoms with van der Waals surface area (Å²) < 4.78 is 23.6. The number of nitrogens with zero attached hydrogens (tertiary/aromatic N) is 2. The molecule has 1 atom stereocenters. The maximum atomic E-state index is 13.6. The van der Waals surface area contributed by atoms with Gasteiger partial charge in [-0.15, -0.1) is 0 Å². The molecule has 1 aliphatic rings. The van der Waals surface area contributed by atoms with Crippen molar-refractivity contribution in [2.75, 3.05) is 10.2 Å². The van der Waals surface area contributed by atoms with E-state index in [2.05, 4.69) is 5.32 Å². The highest BCUT2D eigenvalue weighted by Gasteiger charge is 2.39. The monoisotopic (exact) mass is 458 g/mol. The third-order valence-corrected chi connectivity index (χ3v) is 6.03. The fourth-order valence-electron chi connectivity index (χ4n) is 3.61. The quantitative estimate of drug-likeness (QED) is 0.458. The highest BCUT2D eigenvalue weighted by Crippen LogP contribution is 2.40. The average molecular weight is 458 g/mol. The van der Waals surface area contributed by atoms with Crippen molar-refractivity contribution in [3.8, 4) is 6.07 Å². The van der Waals surface area contributed by atoms with Gasteiger partial charge in [-0.1, -0.05) is 60.7 Å². The molecule has 3 aromatic carbocycles. The molecule has 0 saturated heterocycles. The lowest BCUT2D eigenvalue weighted by molar-refractivity contribution is -0.122. The van der Waals surface area contributed by atoms with Gasteiger partial charge in [0.2, 0.25) is 10.0 Å². The van der Waals surface area contributed by atoms with Gasteiger partial charge in [-0.05, 0) is 35.4 Å². The van der Waals surface area contributed by atoms with Crippen molar-refractivity contribution >= 4 is 39.3 Å². The molecule has 0 aliphatic carbocycles. The molecule has 33 heavy (non-hydrogen) atoms. The van der Waals surface area contributed by atoms with E-state index >= 15 is 0 Å². The van der Waals surface area contributed by atoms with Crippen LogP contribution in [0.4, 0.5) is 11.4 Å². The van der Waals surface area contributed by atoms with Gasteiger partial charge in [-0.25, -0.2) is 13.6 Å². The predicted octanol–water partition coefficient (Wildman–Crippen LogP) is 2.97. The van der Waals surface area contributed by atoms with Crippen LogP contribution in [0.15, 0.2) is 89.3 Å². The Bertz CT molecular complexity index is 1410. The van der Waals surface area contributed by atoms with Crippen molar-refractivity contribution in [1.29, 1.82) is 5.26 Å². The zero-order chi connectivity index (χ0) is 23.6. The van der Waals surface area contributed by atoms with Crippen molar-refractivity contribution < 1.29 is 18.0 Å². The molecule has 3 N–H and O–H groups in total. The molecule has 4 rings (SSSR count). The molecule has 0 spiro atoms. The number of carbonyl (C=O) groups is 2. The number of carbonyl (C=O) groups excluding carboxylic acids is 2. The first-order valence-corrected chi connectivity index (χ1v) is 11.4. The summed E-state index contributed by atoms with van der Waals surface area (Å²) in [5, 5.41) is 17.6. The molecule has 3 aromatic rings. The summed E-state index contributed by atoms with van der Waals surface area (Å²) in [6, 6.07) is 22.2. The number of hydrogen-bond donors (Lipinski definition) is 2. The van der Waals surface area contributed by atoms with Crippen LogP contribution in [0.25, 0.3) is 6.08 Å². The minimum Gasteiger partial charge on any atom is -0.322 e. The Morgan fingerprint density at radius 2 is 1.67 bits per heavy atom. The summed E-state index contributed by atoms with van der Waals surface area (Å²) in [6.45, 7) is 0. The first-order chi connectivity index (χ1) is 15.8. The Morgan fingerprint density at radius 1 is 1.03 bits per heavy atom. The fourth-order valence-corrected chi connectivity index (χ4v) is 4.15. The fraction of sp³-hybridized carbons (Fsp3) is 0.0417. The SMILES string of the molecule is N#C/C(=C\c1ccccc1)C(=O)N1c2ccc(S(N)(=O)=O)cc2NC(=O)C1c1ccccc1. The standard InChI is InChI=1S/C24H18N4O4S/c25-15-18(13-16-7-3-1-4-8-16)24(30)28-21-12-11-19(33(26,31)32)14-20(21)27-23(29)22(28)17-9-5-2-6-10-17/h1-14,22H,(H,27,29)(H2,26,31,32)/b18-13+. The molecule has 0 aromatic heterocycles. The van der Waals surface area contributed by atoms with Crippen LogP contribution >= 0.6 is 0 Å². The smallest absolute Gasteiger partial charge is 0.270 e. The number of primary sulfonamides is 1. The molecule has 1 aliphatic heterocycles. The lowest BCUT2D eigenvalue weighted by Crippen LogP contribution is -2.45. The molecule has 0 bridgehead atoms. The van der Waals surface area contributed by atoms with Gasteiger partial charge < -0.3 is 5.32 Å². The first kappa shape index (κ1) is 22.0. The van der Waals surface area contributed by atoms with Gasteiger partial charge in [0.15, 0.2) is 0 Å². The van der Waals surface area contributed by atoms with Crippen molar-refractivity contribution in [2.45, 2.75) is 10.9 Å². The molecule has 2 amide bonds. The summed E-state index contributed by atoms with van der Waals surface area (Å²) in [6.07, 6.45) is 1.44. The number of amides is 2. The normalized spacial score (nSPS) is 15.9. The second-order valence-electron chi connectivity index (χ2n) is 7.28. The maximum Gasteiger partial charge on any atom is 0.270 e. The minimum atomic E-state index is -4.04. The topological polar surface area (TPSA) is 133 Å². The molecule has 1 heterocycles. The van der Waals surface area contributed by atoms with Crippen LogP contribution in [0.5, 0.6) is 0 Å². The summed E-state index contributed by atoms with van der Waals surface area (Å²) >= 11 is 0. The Kier molecular flexibility index (Phi) is 5.79. The number of nitriles is 1. The number of nitrogens with one attached hydrogen (secondary N) is 1. The zero-order valence-corrected chi connectivity index (χ0v) is 18.0. The average Bonchev–Trinajstić information content (AvgIpc) is 2.81. The maximum absolute atomic E-state index is 13.6. The van der Waals surface area contributed by atoms with Crippen molar-refractivity contribution in [3.63, 3.8) is 0 Å². The van der Waals surface area contributed by atoms with Gasteiger partial charge in [-0.3, -0.25) is 14.5 Å². The highest BCUT2D eigenvalue weighted by atomic mass is 32.2. The van der Waals surface area contributed by atoms with Crippen LogP contribution in [0.2, 0.25) is 0 Å². The predicted molar refractivity (Wildman–Crippen MR) is 123 cm³/mol. The number of hydrogen-bond acceptors (Lipinski definition) is 5. The number of fused-ring (bicyclic) bond motifs is 1. The van der Waals surface area contributed by atoms with Gasteiger partial charge in [-0.2, -0.15) is 5.26 Å². The lowest BCUT2D eigenvalue weighted by atomic mass is 9.98. The van der Waals surface area contributed by atoms with E-state index in [9.17, 15) is 23.3 Å². The number of sulfonamides is 1. The van der Waals surface area contributed by atoms with E-state index in [1.807, 2.05) is 12.1 Å². The largest absolute Gasteiger partial charge is 0.322 e. The molecule has 1 unspecified atom stereocenters.